The maximum absolute atomic E-state index is 15.1. The van der Waals surface area contributed by atoms with Crippen LogP contribution in [0.1, 0.15) is 0 Å². The number of imidazole rings is 1. The van der Waals surface area contributed by atoms with Crippen molar-refractivity contribution in [3.63, 3.8) is 0 Å². The second-order valence-corrected chi connectivity index (χ2v) is 12.8. The summed E-state index contributed by atoms with van der Waals surface area (Å²) in [5.41, 5.74) is 4.39. The van der Waals surface area contributed by atoms with Gasteiger partial charge in [-0.3, -0.25) is 4.57 Å². The SMILES string of the molecule is O=P(c1ccccc1)(c1ccccc1)c1ccccc1-c1nc2nc(-c3cccc4ncn(-c5ccccc5)c34)oc2o1. The normalized spacial score (nSPS) is 11.8. The quantitative estimate of drug-likeness (QED) is 0.195. The largest absolute Gasteiger partial charge is 0.403 e. The molecule has 3 heterocycles. The second kappa shape index (κ2) is 10.1. The van der Waals surface area contributed by atoms with Gasteiger partial charge in [-0.25, -0.2) is 4.98 Å². The molecule has 3 aromatic heterocycles. The van der Waals surface area contributed by atoms with E-state index in [0.29, 0.717) is 28.3 Å². The van der Waals surface area contributed by atoms with Gasteiger partial charge in [0.25, 0.3) is 0 Å². The number of rotatable bonds is 6. The van der Waals surface area contributed by atoms with E-state index in [-0.39, 0.29) is 5.78 Å². The molecule has 0 spiro atoms. The first-order valence-electron chi connectivity index (χ1n) is 13.8. The Balaban J connectivity index is 1.26. The van der Waals surface area contributed by atoms with Crippen molar-refractivity contribution in [2.24, 2.45) is 0 Å². The Morgan fingerprint density at radius 2 is 1.14 bits per heavy atom. The molecule has 0 aliphatic heterocycles. The molecular weight excluding hydrogens is 555 g/mol. The number of fused-ring (bicyclic) bond motifs is 2. The summed E-state index contributed by atoms with van der Waals surface area (Å²) in [4.78, 5) is 14.0. The third kappa shape index (κ3) is 4.13. The summed E-state index contributed by atoms with van der Waals surface area (Å²) in [5.74, 6) is 0.864. The topological polar surface area (TPSA) is 87.0 Å². The summed E-state index contributed by atoms with van der Waals surface area (Å²) in [5, 5.41) is 2.09. The van der Waals surface area contributed by atoms with E-state index in [0.717, 1.165) is 32.9 Å². The predicted molar refractivity (Wildman–Crippen MR) is 169 cm³/mol. The zero-order valence-electron chi connectivity index (χ0n) is 22.7. The zero-order valence-corrected chi connectivity index (χ0v) is 23.6. The van der Waals surface area contributed by atoms with Crippen LogP contribution < -0.4 is 15.9 Å². The van der Waals surface area contributed by atoms with Crippen LogP contribution in [0.2, 0.25) is 0 Å². The van der Waals surface area contributed by atoms with Crippen LogP contribution in [0.25, 0.3) is 51.1 Å². The fraction of sp³-hybridized carbons (Fsp3) is 0. The number of para-hydroxylation sites is 2. The van der Waals surface area contributed by atoms with Gasteiger partial charge in [-0.15, -0.1) is 0 Å². The number of benzene rings is 5. The van der Waals surface area contributed by atoms with Crippen molar-refractivity contribution >= 4 is 45.5 Å². The summed E-state index contributed by atoms with van der Waals surface area (Å²) >= 11 is 0. The van der Waals surface area contributed by atoms with Crippen molar-refractivity contribution < 1.29 is 13.4 Å². The van der Waals surface area contributed by atoms with Gasteiger partial charge in [0.05, 0.1) is 16.6 Å². The third-order valence-corrected chi connectivity index (χ3v) is 10.6. The number of oxazole rings is 2. The van der Waals surface area contributed by atoms with E-state index in [1.807, 2.05) is 138 Å². The van der Waals surface area contributed by atoms with Gasteiger partial charge < -0.3 is 13.4 Å². The molecular formula is C35H23N4O3P. The van der Waals surface area contributed by atoms with Crippen LogP contribution in [0.3, 0.4) is 0 Å². The molecule has 0 fully saturated rings. The van der Waals surface area contributed by atoms with Gasteiger partial charge in [0.1, 0.15) is 6.33 Å². The Kier molecular flexibility index (Phi) is 5.91. The fourth-order valence-corrected chi connectivity index (χ4v) is 8.37. The summed E-state index contributed by atoms with van der Waals surface area (Å²) in [6, 6.07) is 42.4. The Hall–Kier alpha value is -5.52. The highest BCUT2D eigenvalue weighted by Gasteiger charge is 2.33. The first-order chi connectivity index (χ1) is 21.2. The molecule has 0 aliphatic carbocycles. The first-order valence-corrected chi connectivity index (χ1v) is 15.5. The lowest BCUT2D eigenvalue weighted by Crippen LogP contribution is -2.26. The molecule has 8 heteroatoms. The Morgan fingerprint density at radius 3 is 1.79 bits per heavy atom. The standard InChI is InChI=1S/C35H23N4O3P/c40-43(25-15-6-2-7-16-25,26-17-8-3-9-18-26)30-22-11-10-19-27(30)33-37-32-35(41-33)42-34(38-32)28-20-12-21-29-31(28)39(23-36-29)24-13-4-1-5-14-24/h1-23H. The number of nitrogens with zero attached hydrogens (tertiary/aromatic N) is 4. The Morgan fingerprint density at radius 1 is 0.581 bits per heavy atom. The number of aromatic nitrogens is 4. The lowest BCUT2D eigenvalue weighted by molar-refractivity contribution is 0.486. The van der Waals surface area contributed by atoms with Crippen LogP contribution in [0.5, 0.6) is 0 Å². The summed E-state index contributed by atoms with van der Waals surface area (Å²) in [7, 11) is -3.28. The minimum Gasteiger partial charge on any atom is -0.403 e. The Bertz CT molecular complexity index is 2200. The maximum atomic E-state index is 15.1. The van der Waals surface area contributed by atoms with Crippen LogP contribution in [0, 0.1) is 0 Å². The molecule has 0 radical (unpaired) electrons. The molecule has 0 unspecified atom stereocenters. The monoisotopic (exact) mass is 578 g/mol. The predicted octanol–water partition coefficient (Wildman–Crippen LogP) is 7.13. The average Bonchev–Trinajstić information content (AvgIpc) is 3.80. The highest BCUT2D eigenvalue weighted by molar-refractivity contribution is 7.85. The maximum Gasteiger partial charge on any atom is 0.340 e. The van der Waals surface area contributed by atoms with E-state index < -0.39 is 7.14 Å². The van der Waals surface area contributed by atoms with E-state index in [2.05, 4.69) is 4.98 Å². The fourth-order valence-electron chi connectivity index (χ4n) is 5.53. The smallest absolute Gasteiger partial charge is 0.340 e. The summed E-state index contributed by atoms with van der Waals surface area (Å²) in [6.45, 7) is 0. The van der Waals surface area contributed by atoms with Crippen LogP contribution in [0.4, 0.5) is 0 Å². The second-order valence-electron chi connectivity index (χ2n) is 10.1. The first kappa shape index (κ1) is 25.2. The van der Waals surface area contributed by atoms with Crippen molar-refractivity contribution in [1.29, 1.82) is 0 Å². The Labute approximate surface area is 246 Å². The van der Waals surface area contributed by atoms with E-state index in [9.17, 15) is 0 Å². The highest BCUT2D eigenvalue weighted by atomic mass is 31.2. The highest BCUT2D eigenvalue weighted by Crippen LogP contribution is 2.45. The van der Waals surface area contributed by atoms with Crippen LogP contribution >= 0.6 is 7.14 Å². The van der Waals surface area contributed by atoms with Gasteiger partial charge >= 0.3 is 5.78 Å². The van der Waals surface area contributed by atoms with Gasteiger partial charge in [0.15, 0.2) is 7.14 Å². The van der Waals surface area contributed by atoms with Crippen LogP contribution in [-0.2, 0) is 4.57 Å². The molecule has 0 aliphatic rings. The van der Waals surface area contributed by atoms with Crippen LogP contribution in [-0.4, -0.2) is 19.5 Å². The number of hydrogen-bond acceptors (Lipinski definition) is 6. The lowest BCUT2D eigenvalue weighted by Gasteiger charge is -2.21. The molecule has 0 N–H and O–H groups in total. The van der Waals surface area contributed by atoms with E-state index in [4.69, 9.17) is 18.8 Å². The molecule has 0 amide bonds. The van der Waals surface area contributed by atoms with Gasteiger partial charge in [0, 0.05) is 27.2 Å². The molecule has 0 bridgehead atoms. The van der Waals surface area contributed by atoms with Gasteiger partial charge in [-0.1, -0.05) is 103 Å². The van der Waals surface area contributed by atoms with E-state index in [1.54, 1.807) is 6.33 Å². The molecule has 7 nitrogen and oxygen atoms in total. The van der Waals surface area contributed by atoms with E-state index in [1.165, 1.54) is 0 Å². The lowest BCUT2D eigenvalue weighted by atomic mass is 10.1. The van der Waals surface area contributed by atoms with Crippen molar-refractivity contribution in [2.75, 3.05) is 0 Å². The van der Waals surface area contributed by atoms with Crippen molar-refractivity contribution in [3.05, 3.63) is 140 Å². The molecule has 206 valence electrons. The molecule has 43 heavy (non-hydrogen) atoms. The minimum absolute atomic E-state index is 0.192. The molecule has 8 rings (SSSR count). The van der Waals surface area contributed by atoms with Crippen LogP contribution in [0.15, 0.2) is 149 Å². The third-order valence-electron chi connectivity index (χ3n) is 7.52. The van der Waals surface area contributed by atoms with Crippen molar-refractivity contribution in [1.82, 2.24) is 19.5 Å². The number of hydrogen-bond donors (Lipinski definition) is 0. The molecule has 0 atom stereocenters. The van der Waals surface area contributed by atoms with Gasteiger partial charge in [-0.05, 0) is 30.3 Å². The zero-order chi connectivity index (χ0) is 28.8. The van der Waals surface area contributed by atoms with E-state index >= 15 is 4.57 Å². The van der Waals surface area contributed by atoms with Gasteiger partial charge in [0.2, 0.25) is 17.4 Å². The molecule has 5 aromatic carbocycles. The molecule has 0 saturated carbocycles. The molecule has 0 saturated heterocycles. The van der Waals surface area contributed by atoms with Crippen molar-refractivity contribution in [2.45, 2.75) is 0 Å². The summed E-state index contributed by atoms with van der Waals surface area (Å²) < 4.78 is 29.5. The molecule has 8 aromatic rings. The average molecular weight is 579 g/mol. The van der Waals surface area contributed by atoms with Gasteiger partial charge in [-0.2, -0.15) is 9.97 Å². The van der Waals surface area contributed by atoms with Crippen molar-refractivity contribution in [3.8, 4) is 28.6 Å². The summed E-state index contributed by atoms with van der Waals surface area (Å²) in [6.07, 6.45) is 1.79. The minimum atomic E-state index is -3.28.